The molecular formula is C27H27N3O5S. The molecule has 4 rings (SSSR count). The first-order valence-corrected chi connectivity index (χ1v) is 12.9. The molecule has 0 saturated carbocycles. The van der Waals surface area contributed by atoms with Crippen molar-refractivity contribution in [3.63, 3.8) is 0 Å². The molecule has 1 N–H and O–H groups in total. The van der Waals surface area contributed by atoms with E-state index in [4.69, 9.17) is 4.74 Å². The van der Waals surface area contributed by atoms with Crippen molar-refractivity contribution in [1.29, 1.82) is 0 Å². The molecule has 0 bridgehead atoms. The van der Waals surface area contributed by atoms with Crippen LogP contribution in [0, 0.1) is 0 Å². The lowest BCUT2D eigenvalue weighted by Gasteiger charge is -2.34. The second-order valence-corrected chi connectivity index (χ2v) is 10.2. The molecule has 0 atom stereocenters. The summed E-state index contributed by atoms with van der Waals surface area (Å²) in [5.41, 5.74) is 1.31. The summed E-state index contributed by atoms with van der Waals surface area (Å²) >= 11 is 0. The predicted molar refractivity (Wildman–Crippen MR) is 137 cm³/mol. The smallest absolute Gasteiger partial charge is 0.247 e. The van der Waals surface area contributed by atoms with E-state index in [1.807, 2.05) is 54.6 Å². The Balaban J connectivity index is 1.33. The summed E-state index contributed by atoms with van der Waals surface area (Å²) in [6.07, 6.45) is 1.34. The summed E-state index contributed by atoms with van der Waals surface area (Å²) in [4.78, 5) is 26.1. The van der Waals surface area contributed by atoms with Crippen molar-refractivity contribution in [2.75, 3.05) is 31.5 Å². The number of carbonyl (C=O) groups is 2. The van der Waals surface area contributed by atoms with Crippen LogP contribution in [-0.2, 0) is 26.0 Å². The van der Waals surface area contributed by atoms with Gasteiger partial charge in [-0.05, 0) is 60.2 Å². The third-order valence-electron chi connectivity index (χ3n) is 5.77. The van der Waals surface area contributed by atoms with Crippen molar-refractivity contribution in [3.05, 3.63) is 97.1 Å². The topological polar surface area (TPSA) is 96.0 Å². The number of amides is 2. The van der Waals surface area contributed by atoms with Gasteiger partial charge in [0.25, 0.3) is 0 Å². The minimum absolute atomic E-state index is 0.0637. The van der Waals surface area contributed by atoms with Crippen LogP contribution in [0.15, 0.2) is 96.4 Å². The zero-order valence-electron chi connectivity index (χ0n) is 19.7. The molecule has 9 heteroatoms. The number of nitrogens with zero attached hydrogens (tertiary/aromatic N) is 2. The molecule has 3 aromatic rings. The highest BCUT2D eigenvalue weighted by atomic mass is 32.2. The van der Waals surface area contributed by atoms with Crippen molar-refractivity contribution in [3.8, 4) is 11.5 Å². The summed E-state index contributed by atoms with van der Waals surface area (Å²) in [6.45, 7) is 4.43. The molecule has 3 aromatic carbocycles. The van der Waals surface area contributed by atoms with Crippen LogP contribution in [-0.4, -0.2) is 55.6 Å². The predicted octanol–water partition coefficient (Wildman–Crippen LogP) is 3.68. The fraction of sp³-hybridized carbons (Fsp3) is 0.185. The lowest BCUT2D eigenvalue weighted by Crippen LogP contribution is -2.50. The van der Waals surface area contributed by atoms with Crippen LogP contribution in [0.2, 0.25) is 0 Å². The monoisotopic (exact) mass is 505 g/mol. The van der Waals surface area contributed by atoms with Crippen molar-refractivity contribution in [2.24, 2.45) is 0 Å². The second-order valence-electron chi connectivity index (χ2n) is 8.24. The van der Waals surface area contributed by atoms with E-state index in [2.05, 4.69) is 11.9 Å². The van der Waals surface area contributed by atoms with Gasteiger partial charge in [-0.3, -0.25) is 9.59 Å². The molecule has 0 unspecified atom stereocenters. The number of benzene rings is 3. The molecule has 36 heavy (non-hydrogen) atoms. The number of para-hydroxylation sites is 1. The van der Waals surface area contributed by atoms with Gasteiger partial charge in [-0.25, -0.2) is 8.42 Å². The number of hydrogen-bond donors (Lipinski definition) is 1. The number of nitrogens with one attached hydrogen (secondary N) is 1. The van der Waals surface area contributed by atoms with Crippen molar-refractivity contribution >= 4 is 27.5 Å². The number of hydrogen-bond acceptors (Lipinski definition) is 5. The van der Waals surface area contributed by atoms with Gasteiger partial charge in [0.05, 0.1) is 11.3 Å². The molecule has 1 heterocycles. The molecule has 8 nitrogen and oxygen atoms in total. The van der Waals surface area contributed by atoms with E-state index in [0.717, 1.165) is 17.4 Å². The maximum Gasteiger partial charge on any atom is 0.247 e. The van der Waals surface area contributed by atoms with Crippen LogP contribution in [0.1, 0.15) is 5.56 Å². The zero-order chi connectivity index (χ0) is 25.5. The number of sulfonamides is 1. The highest BCUT2D eigenvalue weighted by Gasteiger charge is 2.30. The summed E-state index contributed by atoms with van der Waals surface area (Å²) < 4.78 is 33.3. The molecule has 1 fully saturated rings. The van der Waals surface area contributed by atoms with Gasteiger partial charge in [-0.15, -0.1) is 0 Å². The standard InChI is InChI=1S/C27H27N3O5S/c1-2-26(31)28-22-11-13-25(14-12-22)36(33,34)30-17-15-29(16-18-30)27(32)20-21-7-6-10-24(19-21)35-23-8-4-3-5-9-23/h2-14,19H,1,15-18,20H2,(H,28,31). The van der Waals surface area contributed by atoms with E-state index in [1.54, 1.807) is 4.90 Å². The molecule has 0 aliphatic carbocycles. The second kappa shape index (κ2) is 11.2. The Labute approximate surface area is 210 Å². The lowest BCUT2D eigenvalue weighted by atomic mass is 10.1. The molecule has 0 spiro atoms. The van der Waals surface area contributed by atoms with Gasteiger partial charge in [0.2, 0.25) is 21.8 Å². The van der Waals surface area contributed by atoms with Gasteiger partial charge in [0.15, 0.2) is 0 Å². The van der Waals surface area contributed by atoms with Crippen molar-refractivity contribution < 1.29 is 22.7 Å². The van der Waals surface area contributed by atoms with E-state index < -0.39 is 10.0 Å². The van der Waals surface area contributed by atoms with Crippen LogP contribution < -0.4 is 10.1 Å². The SMILES string of the molecule is C=CC(=O)Nc1ccc(S(=O)(=O)N2CCN(C(=O)Cc3cccc(Oc4ccccc4)c3)CC2)cc1. The third kappa shape index (κ3) is 6.18. The number of anilines is 1. The van der Waals surface area contributed by atoms with Crippen LogP contribution in [0.3, 0.4) is 0 Å². The number of ether oxygens (including phenoxy) is 1. The molecule has 186 valence electrons. The minimum atomic E-state index is -3.71. The largest absolute Gasteiger partial charge is 0.457 e. The quantitative estimate of drug-likeness (QED) is 0.471. The molecule has 1 saturated heterocycles. The Morgan fingerprint density at radius 3 is 2.22 bits per heavy atom. The molecule has 1 aliphatic rings. The van der Waals surface area contributed by atoms with Crippen LogP contribution in [0.5, 0.6) is 11.5 Å². The van der Waals surface area contributed by atoms with Gasteiger partial charge < -0.3 is 15.0 Å². The minimum Gasteiger partial charge on any atom is -0.457 e. The third-order valence-corrected chi connectivity index (χ3v) is 7.68. The molecule has 0 aromatic heterocycles. The maximum absolute atomic E-state index is 13.0. The van der Waals surface area contributed by atoms with Crippen LogP contribution in [0.25, 0.3) is 0 Å². The molecule has 1 aliphatic heterocycles. The zero-order valence-corrected chi connectivity index (χ0v) is 20.5. The average molecular weight is 506 g/mol. The van der Waals surface area contributed by atoms with Crippen LogP contribution >= 0.6 is 0 Å². The van der Waals surface area contributed by atoms with Crippen molar-refractivity contribution in [1.82, 2.24) is 9.21 Å². The summed E-state index contributed by atoms with van der Waals surface area (Å²) in [5.74, 6) is 0.931. The van der Waals surface area contributed by atoms with E-state index >= 15 is 0 Å². The van der Waals surface area contributed by atoms with Gasteiger partial charge in [0, 0.05) is 31.9 Å². The summed E-state index contributed by atoms with van der Waals surface area (Å²) in [6, 6.07) is 22.8. The Morgan fingerprint density at radius 2 is 1.56 bits per heavy atom. The van der Waals surface area contributed by atoms with E-state index in [0.29, 0.717) is 24.5 Å². The number of rotatable bonds is 8. The van der Waals surface area contributed by atoms with Gasteiger partial charge in [-0.1, -0.05) is 36.9 Å². The van der Waals surface area contributed by atoms with Gasteiger partial charge in [-0.2, -0.15) is 4.31 Å². The number of piperazine rings is 1. The Hall–Kier alpha value is -3.95. The maximum atomic E-state index is 13.0. The first kappa shape index (κ1) is 25.2. The fourth-order valence-corrected chi connectivity index (χ4v) is 5.28. The Bertz CT molecular complexity index is 1330. The molecular weight excluding hydrogens is 478 g/mol. The van der Waals surface area contributed by atoms with E-state index in [1.165, 1.54) is 28.6 Å². The summed E-state index contributed by atoms with van der Waals surface area (Å²) in [5, 5.41) is 2.59. The average Bonchev–Trinajstić information content (AvgIpc) is 2.90. The normalized spacial score (nSPS) is 14.2. The van der Waals surface area contributed by atoms with E-state index in [-0.39, 0.29) is 36.2 Å². The highest BCUT2D eigenvalue weighted by Crippen LogP contribution is 2.23. The van der Waals surface area contributed by atoms with Crippen molar-refractivity contribution in [2.45, 2.75) is 11.3 Å². The molecule has 2 amide bonds. The first-order valence-electron chi connectivity index (χ1n) is 11.5. The first-order chi connectivity index (χ1) is 17.3. The molecule has 0 radical (unpaired) electrons. The van der Waals surface area contributed by atoms with E-state index in [9.17, 15) is 18.0 Å². The number of carbonyl (C=O) groups excluding carboxylic acids is 2. The van der Waals surface area contributed by atoms with Crippen LogP contribution in [0.4, 0.5) is 5.69 Å². The van der Waals surface area contributed by atoms with Gasteiger partial charge in [0.1, 0.15) is 11.5 Å². The van der Waals surface area contributed by atoms with Gasteiger partial charge >= 0.3 is 0 Å². The summed E-state index contributed by atoms with van der Waals surface area (Å²) in [7, 11) is -3.71. The Morgan fingerprint density at radius 1 is 0.889 bits per heavy atom. The lowest BCUT2D eigenvalue weighted by molar-refractivity contribution is -0.131. The fourth-order valence-electron chi connectivity index (χ4n) is 3.86. The highest BCUT2D eigenvalue weighted by molar-refractivity contribution is 7.89. The Kier molecular flexibility index (Phi) is 7.82.